The number of carbonyl (C=O) groups is 1. The second kappa shape index (κ2) is 9.87. The zero-order valence-corrected chi connectivity index (χ0v) is 19.3. The molecule has 0 saturated carbocycles. The summed E-state index contributed by atoms with van der Waals surface area (Å²) in [5.74, 6) is -0.243. The van der Waals surface area contributed by atoms with E-state index in [0.29, 0.717) is 10.6 Å². The third kappa shape index (κ3) is 5.56. The number of carbonyl (C=O) groups excluding carboxylic acids is 1. The van der Waals surface area contributed by atoms with E-state index in [1.807, 2.05) is 36.4 Å². The average molecular weight is 529 g/mol. The van der Waals surface area contributed by atoms with Crippen LogP contribution in [0.1, 0.15) is 17.3 Å². The third-order valence-electron chi connectivity index (χ3n) is 4.68. The Balaban J connectivity index is 1.59. The fraction of sp³-hybridized carbons (Fsp3) is 0.300. The molecule has 1 aliphatic heterocycles. The van der Waals surface area contributed by atoms with Crippen LogP contribution in [0, 0.1) is 3.57 Å². The van der Waals surface area contributed by atoms with Crippen LogP contribution >= 0.6 is 46.4 Å². The molecule has 28 heavy (non-hydrogen) atoms. The van der Waals surface area contributed by atoms with Crippen LogP contribution < -0.4 is 15.5 Å². The first-order chi connectivity index (χ1) is 13.5. The summed E-state index contributed by atoms with van der Waals surface area (Å²) >= 11 is 13.9. The van der Waals surface area contributed by atoms with Gasteiger partial charge in [0.1, 0.15) is 0 Å². The number of amides is 1. The molecule has 8 heteroatoms. The Morgan fingerprint density at radius 1 is 1.18 bits per heavy atom. The van der Waals surface area contributed by atoms with Crippen LogP contribution in [-0.2, 0) is 0 Å². The van der Waals surface area contributed by atoms with Crippen molar-refractivity contribution in [2.24, 2.45) is 0 Å². The zero-order chi connectivity index (χ0) is 20.1. The Labute approximate surface area is 189 Å². The first-order valence-electron chi connectivity index (χ1n) is 9.11. The van der Waals surface area contributed by atoms with Gasteiger partial charge in [-0.25, -0.2) is 0 Å². The highest BCUT2D eigenvalue weighted by molar-refractivity contribution is 14.1. The molecule has 0 unspecified atom stereocenters. The number of anilines is 2. The minimum Gasteiger partial charge on any atom is -0.368 e. The number of thiocarbonyl (C=S) groups is 1. The molecule has 1 aliphatic rings. The molecule has 0 bridgehead atoms. The average Bonchev–Trinajstić information content (AvgIpc) is 2.68. The number of halogens is 2. The highest BCUT2D eigenvalue weighted by Gasteiger charge is 2.18. The van der Waals surface area contributed by atoms with Crippen LogP contribution in [0.25, 0.3) is 0 Å². The number of nitrogens with one attached hydrogen (secondary N) is 2. The van der Waals surface area contributed by atoms with Gasteiger partial charge in [0.2, 0.25) is 0 Å². The number of likely N-dealkylation sites (N-methyl/N-ethyl adjacent to an activating group) is 1. The summed E-state index contributed by atoms with van der Waals surface area (Å²) < 4.78 is 0.992. The Bertz CT molecular complexity index is 871. The van der Waals surface area contributed by atoms with Gasteiger partial charge >= 0.3 is 0 Å². The van der Waals surface area contributed by atoms with Gasteiger partial charge in [0.15, 0.2) is 5.11 Å². The fourth-order valence-electron chi connectivity index (χ4n) is 3.11. The first kappa shape index (κ1) is 21.3. The maximum Gasteiger partial charge on any atom is 0.257 e. The molecule has 0 aliphatic carbocycles. The summed E-state index contributed by atoms with van der Waals surface area (Å²) in [6.45, 7) is 7.27. The lowest BCUT2D eigenvalue weighted by molar-refractivity contribution is 0.0977. The number of hydrogen-bond acceptors (Lipinski definition) is 4. The summed E-state index contributed by atoms with van der Waals surface area (Å²) in [5.41, 5.74) is 2.33. The molecule has 2 aromatic rings. The summed E-state index contributed by atoms with van der Waals surface area (Å²) in [6, 6.07) is 13.1. The van der Waals surface area contributed by atoms with Gasteiger partial charge in [0.05, 0.1) is 10.7 Å². The molecule has 1 heterocycles. The topological polar surface area (TPSA) is 47.6 Å². The summed E-state index contributed by atoms with van der Waals surface area (Å²) in [5, 5.41) is 6.64. The Kier molecular flexibility index (Phi) is 7.50. The third-order valence-corrected chi connectivity index (χ3v) is 5.86. The maximum atomic E-state index is 12.3. The molecule has 0 spiro atoms. The van der Waals surface area contributed by atoms with Crippen molar-refractivity contribution in [1.82, 2.24) is 10.2 Å². The molecule has 1 saturated heterocycles. The number of benzene rings is 2. The predicted molar refractivity (Wildman–Crippen MR) is 129 cm³/mol. The summed E-state index contributed by atoms with van der Waals surface area (Å²) in [7, 11) is 0. The largest absolute Gasteiger partial charge is 0.368 e. The van der Waals surface area contributed by atoms with E-state index < -0.39 is 0 Å². The lowest BCUT2D eigenvalue weighted by Crippen LogP contribution is -2.46. The van der Waals surface area contributed by atoms with Crippen molar-refractivity contribution in [1.29, 1.82) is 0 Å². The SMILES string of the molecule is CCN1CCN(c2ccc(NC(=S)NC(=O)c3cccc(I)c3)cc2Cl)CC1. The van der Waals surface area contributed by atoms with E-state index in [2.05, 4.69) is 49.9 Å². The van der Waals surface area contributed by atoms with Gasteiger partial charge in [-0.1, -0.05) is 24.6 Å². The molecule has 0 atom stereocenters. The van der Waals surface area contributed by atoms with Crippen molar-refractivity contribution < 1.29 is 4.79 Å². The van der Waals surface area contributed by atoms with Crippen LogP contribution in [0.4, 0.5) is 11.4 Å². The molecule has 148 valence electrons. The molecule has 1 fully saturated rings. The van der Waals surface area contributed by atoms with Crippen molar-refractivity contribution in [2.75, 3.05) is 42.9 Å². The highest BCUT2D eigenvalue weighted by atomic mass is 127. The lowest BCUT2D eigenvalue weighted by Gasteiger charge is -2.36. The van der Waals surface area contributed by atoms with E-state index >= 15 is 0 Å². The van der Waals surface area contributed by atoms with Crippen molar-refractivity contribution in [3.05, 3.63) is 56.6 Å². The van der Waals surface area contributed by atoms with Gasteiger partial charge < -0.3 is 15.1 Å². The van der Waals surface area contributed by atoms with E-state index in [9.17, 15) is 4.79 Å². The van der Waals surface area contributed by atoms with E-state index in [-0.39, 0.29) is 11.0 Å². The number of piperazine rings is 1. The van der Waals surface area contributed by atoms with Crippen molar-refractivity contribution >= 4 is 68.8 Å². The van der Waals surface area contributed by atoms with Crippen LogP contribution in [0.5, 0.6) is 0 Å². The minimum absolute atomic E-state index is 0.240. The van der Waals surface area contributed by atoms with E-state index in [1.165, 1.54) is 0 Å². The number of rotatable bonds is 4. The molecule has 3 rings (SSSR count). The Hall–Kier alpha value is -1.42. The zero-order valence-electron chi connectivity index (χ0n) is 15.5. The van der Waals surface area contributed by atoms with Crippen LogP contribution in [0.3, 0.4) is 0 Å². The highest BCUT2D eigenvalue weighted by Crippen LogP contribution is 2.29. The van der Waals surface area contributed by atoms with E-state index in [0.717, 1.165) is 47.7 Å². The number of hydrogen-bond donors (Lipinski definition) is 2. The molecular formula is C20H22ClIN4OS. The molecule has 0 aromatic heterocycles. The van der Waals surface area contributed by atoms with Crippen LogP contribution in [0.2, 0.25) is 5.02 Å². The second-order valence-electron chi connectivity index (χ2n) is 6.51. The maximum absolute atomic E-state index is 12.3. The van der Waals surface area contributed by atoms with Gasteiger partial charge in [-0.15, -0.1) is 0 Å². The summed E-state index contributed by atoms with van der Waals surface area (Å²) in [6.07, 6.45) is 0. The first-order valence-corrected chi connectivity index (χ1v) is 11.0. The standard InChI is InChI=1S/C20H22ClIN4OS/c1-2-25-8-10-26(11-9-25)18-7-6-16(13-17(18)21)23-20(28)24-19(27)14-4-3-5-15(22)12-14/h3-7,12-13H,2,8-11H2,1H3,(H2,23,24,27,28). The lowest BCUT2D eigenvalue weighted by atomic mass is 10.2. The molecule has 2 N–H and O–H groups in total. The monoisotopic (exact) mass is 528 g/mol. The molecular weight excluding hydrogens is 507 g/mol. The van der Waals surface area contributed by atoms with Gasteiger partial charge in [-0.3, -0.25) is 10.1 Å². The van der Waals surface area contributed by atoms with Gasteiger partial charge in [0, 0.05) is 41.0 Å². The van der Waals surface area contributed by atoms with Crippen molar-refractivity contribution in [3.8, 4) is 0 Å². The van der Waals surface area contributed by atoms with Crippen LogP contribution in [0.15, 0.2) is 42.5 Å². The molecule has 2 aromatic carbocycles. The molecule has 0 radical (unpaired) electrons. The molecule has 1 amide bonds. The van der Waals surface area contributed by atoms with Crippen molar-refractivity contribution in [3.63, 3.8) is 0 Å². The smallest absolute Gasteiger partial charge is 0.257 e. The predicted octanol–water partition coefficient (Wildman–Crippen LogP) is 4.21. The van der Waals surface area contributed by atoms with Gasteiger partial charge in [-0.05, 0) is 77.8 Å². The van der Waals surface area contributed by atoms with Crippen LogP contribution in [-0.4, -0.2) is 48.6 Å². The fourth-order valence-corrected chi connectivity index (χ4v) is 4.17. The molecule has 5 nitrogen and oxygen atoms in total. The van der Waals surface area contributed by atoms with Gasteiger partial charge in [-0.2, -0.15) is 0 Å². The van der Waals surface area contributed by atoms with E-state index in [1.54, 1.807) is 6.07 Å². The van der Waals surface area contributed by atoms with Gasteiger partial charge in [0.25, 0.3) is 5.91 Å². The quantitative estimate of drug-likeness (QED) is 0.460. The Morgan fingerprint density at radius 2 is 1.93 bits per heavy atom. The second-order valence-corrected chi connectivity index (χ2v) is 8.57. The number of nitrogens with zero attached hydrogens (tertiary/aromatic N) is 2. The minimum atomic E-state index is -0.243. The van der Waals surface area contributed by atoms with E-state index in [4.69, 9.17) is 23.8 Å². The Morgan fingerprint density at radius 3 is 2.57 bits per heavy atom. The normalized spacial score (nSPS) is 14.6. The van der Waals surface area contributed by atoms with Crippen molar-refractivity contribution in [2.45, 2.75) is 6.92 Å². The summed E-state index contributed by atoms with van der Waals surface area (Å²) in [4.78, 5) is 17.0.